The lowest BCUT2D eigenvalue weighted by molar-refractivity contribution is -0.123. The molecule has 0 spiro atoms. The summed E-state index contributed by atoms with van der Waals surface area (Å²) in [5, 5.41) is 3.59. The first-order valence-electron chi connectivity index (χ1n) is 11.4. The highest BCUT2D eigenvalue weighted by Crippen LogP contribution is 2.28. The summed E-state index contributed by atoms with van der Waals surface area (Å²) >= 11 is 0. The molecule has 0 unspecified atom stereocenters. The van der Waals surface area contributed by atoms with Crippen LogP contribution in [0.2, 0.25) is 0 Å². The van der Waals surface area contributed by atoms with Crippen molar-refractivity contribution in [3.05, 3.63) is 111 Å². The van der Waals surface area contributed by atoms with Gasteiger partial charge in [-0.1, -0.05) is 44.2 Å². The topological polar surface area (TPSA) is 60.3 Å². The molecule has 0 aliphatic heterocycles. The van der Waals surface area contributed by atoms with Gasteiger partial charge in [0.25, 0.3) is 11.5 Å². The number of pyridine rings is 1. The highest BCUT2D eigenvalue weighted by molar-refractivity contribution is 5.85. The Morgan fingerprint density at radius 2 is 1.74 bits per heavy atom. The summed E-state index contributed by atoms with van der Waals surface area (Å²) in [6, 6.07) is 19.1. The fourth-order valence-corrected chi connectivity index (χ4v) is 3.92. The first kappa shape index (κ1) is 24.1. The number of carbonyl (C=O) groups excluding carboxylic acids is 1. The van der Waals surface area contributed by atoms with Crippen LogP contribution in [0, 0.1) is 11.6 Å². The number of nitrogens with one attached hydrogen (secondary N) is 1. The van der Waals surface area contributed by atoms with Gasteiger partial charge in [0, 0.05) is 29.6 Å². The highest BCUT2D eigenvalue weighted by atomic mass is 19.1. The fourth-order valence-electron chi connectivity index (χ4n) is 3.92. The number of fused-ring (bicyclic) bond motifs is 1. The van der Waals surface area contributed by atoms with Gasteiger partial charge in [-0.2, -0.15) is 0 Å². The summed E-state index contributed by atoms with van der Waals surface area (Å²) in [5.74, 6) is -0.539. The number of ether oxygens (including phenoxy) is 1. The van der Waals surface area contributed by atoms with Gasteiger partial charge in [-0.3, -0.25) is 9.59 Å². The molecule has 5 nitrogen and oxygen atoms in total. The molecule has 3 aromatic carbocycles. The molecule has 0 atom stereocenters. The first-order chi connectivity index (χ1) is 16.8. The maximum atomic E-state index is 14.3. The van der Waals surface area contributed by atoms with Crippen molar-refractivity contribution >= 4 is 16.8 Å². The van der Waals surface area contributed by atoms with Crippen LogP contribution in [0.15, 0.2) is 77.6 Å². The SMILES string of the molecule is CC(C)c1cc(=O)n(Cc2ccccc2F)c2cc(OCC(=O)NCc3ccc(F)cc3)ccc12. The molecule has 4 rings (SSSR count). The van der Waals surface area contributed by atoms with Gasteiger partial charge < -0.3 is 14.6 Å². The predicted octanol–water partition coefficient (Wildman–Crippen LogP) is 5.15. The number of halogens is 2. The standard InChI is InChI=1S/C28H26F2N2O3/c1-18(2)24-14-28(34)32(16-20-5-3-4-6-25(20)30)26-13-22(11-12-23(24)26)35-17-27(33)31-15-19-7-9-21(29)10-8-19/h3-14,18H,15-17H2,1-2H3,(H,31,33). The number of aromatic nitrogens is 1. The maximum Gasteiger partial charge on any atom is 0.258 e. The van der Waals surface area contributed by atoms with E-state index in [9.17, 15) is 18.4 Å². The average molecular weight is 477 g/mol. The van der Waals surface area contributed by atoms with E-state index in [-0.39, 0.29) is 48.7 Å². The Labute approximate surface area is 202 Å². The Bertz CT molecular complexity index is 1410. The predicted molar refractivity (Wildman–Crippen MR) is 132 cm³/mol. The monoisotopic (exact) mass is 476 g/mol. The van der Waals surface area contributed by atoms with Gasteiger partial charge in [0.15, 0.2) is 6.61 Å². The number of amides is 1. The lowest BCUT2D eigenvalue weighted by Crippen LogP contribution is -2.28. The molecule has 0 aliphatic carbocycles. The molecule has 1 N–H and O–H groups in total. The minimum Gasteiger partial charge on any atom is -0.484 e. The minimum atomic E-state index is -0.384. The second-order valence-corrected chi connectivity index (χ2v) is 8.64. The third-order valence-electron chi connectivity index (χ3n) is 5.80. The molecule has 1 amide bonds. The van der Waals surface area contributed by atoms with E-state index in [4.69, 9.17) is 4.74 Å². The van der Waals surface area contributed by atoms with Crippen molar-refractivity contribution in [1.82, 2.24) is 9.88 Å². The summed E-state index contributed by atoms with van der Waals surface area (Å²) in [7, 11) is 0. The van der Waals surface area contributed by atoms with Crippen LogP contribution < -0.4 is 15.6 Å². The van der Waals surface area contributed by atoms with Crippen molar-refractivity contribution in [1.29, 1.82) is 0 Å². The fraction of sp³-hybridized carbons (Fsp3) is 0.214. The third-order valence-corrected chi connectivity index (χ3v) is 5.80. The van der Waals surface area contributed by atoms with Gasteiger partial charge in [0.05, 0.1) is 12.1 Å². The van der Waals surface area contributed by atoms with Gasteiger partial charge in [-0.05, 0) is 47.4 Å². The van der Waals surface area contributed by atoms with Crippen molar-refractivity contribution in [2.75, 3.05) is 6.61 Å². The number of nitrogens with zero attached hydrogens (tertiary/aromatic N) is 1. The molecule has 0 fully saturated rings. The summed E-state index contributed by atoms with van der Waals surface area (Å²) in [5.41, 5.74) is 2.43. The van der Waals surface area contributed by atoms with Gasteiger partial charge >= 0.3 is 0 Å². The summed E-state index contributed by atoms with van der Waals surface area (Å²) < 4.78 is 34.5. The van der Waals surface area contributed by atoms with Crippen LogP contribution in [-0.4, -0.2) is 17.1 Å². The average Bonchev–Trinajstić information content (AvgIpc) is 2.84. The van der Waals surface area contributed by atoms with E-state index in [1.165, 1.54) is 22.8 Å². The van der Waals surface area contributed by atoms with Crippen LogP contribution in [-0.2, 0) is 17.9 Å². The van der Waals surface area contributed by atoms with E-state index in [0.717, 1.165) is 16.5 Å². The van der Waals surface area contributed by atoms with Crippen molar-refractivity contribution < 1.29 is 18.3 Å². The smallest absolute Gasteiger partial charge is 0.258 e. The molecule has 180 valence electrons. The Kier molecular flexibility index (Phi) is 7.25. The first-order valence-corrected chi connectivity index (χ1v) is 11.4. The van der Waals surface area contributed by atoms with E-state index >= 15 is 0 Å². The molecule has 0 saturated heterocycles. The third kappa shape index (κ3) is 5.74. The second-order valence-electron chi connectivity index (χ2n) is 8.64. The number of rotatable bonds is 8. The number of hydrogen-bond acceptors (Lipinski definition) is 3. The van der Waals surface area contributed by atoms with E-state index in [0.29, 0.717) is 16.8 Å². The molecule has 1 heterocycles. The van der Waals surface area contributed by atoms with E-state index in [2.05, 4.69) is 5.32 Å². The molecule has 0 saturated carbocycles. The van der Waals surface area contributed by atoms with Crippen LogP contribution in [0.3, 0.4) is 0 Å². The zero-order chi connectivity index (χ0) is 24.9. The van der Waals surface area contributed by atoms with Crippen LogP contribution in [0.1, 0.15) is 36.5 Å². The number of hydrogen-bond donors (Lipinski definition) is 1. The van der Waals surface area contributed by atoms with Crippen LogP contribution in [0.4, 0.5) is 8.78 Å². The zero-order valence-electron chi connectivity index (χ0n) is 19.6. The number of carbonyl (C=O) groups is 1. The number of benzene rings is 3. The second kappa shape index (κ2) is 10.5. The Hall–Kier alpha value is -4.00. The van der Waals surface area contributed by atoms with Gasteiger partial charge in [-0.15, -0.1) is 0 Å². The molecular weight excluding hydrogens is 450 g/mol. The summed E-state index contributed by atoms with van der Waals surface area (Å²) in [4.78, 5) is 25.3. The van der Waals surface area contributed by atoms with Crippen LogP contribution in [0.25, 0.3) is 10.9 Å². The normalized spacial score (nSPS) is 11.1. The molecular formula is C28H26F2N2O3. The van der Waals surface area contributed by atoms with Crippen LogP contribution >= 0.6 is 0 Å². The largest absolute Gasteiger partial charge is 0.484 e. The minimum absolute atomic E-state index is 0.0714. The molecule has 35 heavy (non-hydrogen) atoms. The lowest BCUT2D eigenvalue weighted by Gasteiger charge is -2.17. The Balaban J connectivity index is 1.57. The maximum absolute atomic E-state index is 14.3. The molecule has 4 aromatic rings. The quantitative estimate of drug-likeness (QED) is 0.383. The molecule has 1 aromatic heterocycles. The summed E-state index contributed by atoms with van der Waals surface area (Å²) in [6.07, 6.45) is 0. The van der Waals surface area contributed by atoms with E-state index in [1.807, 2.05) is 19.9 Å². The highest BCUT2D eigenvalue weighted by Gasteiger charge is 2.14. The van der Waals surface area contributed by atoms with Crippen molar-refractivity contribution in [2.24, 2.45) is 0 Å². The van der Waals surface area contributed by atoms with E-state index < -0.39 is 0 Å². The lowest BCUT2D eigenvalue weighted by atomic mass is 9.98. The zero-order valence-corrected chi connectivity index (χ0v) is 19.6. The molecule has 0 aliphatic rings. The molecule has 0 radical (unpaired) electrons. The van der Waals surface area contributed by atoms with Crippen molar-refractivity contribution in [3.63, 3.8) is 0 Å². The van der Waals surface area contributed by atoms with Gasteiger partial charge in [-0.25, -0.2) is 8.78 Å². The van der Waals surface area contributed by atoms with E-state index in [1.54, 1.807) is 48.5 Å². The Morgan fingerprint density at radius 1 is 1.00 bits per heavy atom. The van der Waals surface area contributed by atoms with Gasteiger partial charge in [0.2, 0.25) is 0 Å². The van der Waals surface area contributed by atoms with Crippen molar-refractivity contribution in [2.45, 2.75) is 32.9 Å². The van der Waals surface area contributed by atoms with Crippen LogP contribution in [0.5, 0.6) is 5.75 Å². The van der Waals surface area contributed by atoms with Crippen molar-refractivity contribution in [3.8, 4) is 5.75 Å². The Morgan fingerprint density at radius 3 is 2.46 bits per heavy atom. The molecule has 0 bridgehead atoms. The van der Waals surface area contributed by atoms with Gasteiger partial charge in [0.1, 0.15) is 17.4 Å². The summed E-state index contributed by atoms with van der Waals surface area (Å²) in [6.45, 7) is 4.10. The molecule has 7 heteroatoms.